The van der Waals surface area contributed by atoms with Crippen LogP contribution in [0.2, 0.25) is 0 Å². The molecule has 0 bridgehead atoms. The van der Waals surface area contributed by atoms with E-state index >= 15 is 0 Å². The van der Waals surface area contributed by atoms with Gasteiger partial charge in [-0.05, 0) is 0 Å². The summed E-state index contributed by atoms with van der Waals surface area (Å²) in [6, 6.07) is 1.44. The fourth-order valence-electron chi connectivity index (χ4n) is 1.96. The largest absolute Gasteiger partial charge is 0.478 e. The van der Waals surface area contributed by atoms with E-state index in [-0.39, 0.29) is 5.69 Å². The normalized spacial score (nSPS) is 10.8. The van der Waals surface area contributed by atoms with Gasteiger partial charge in [0.2, 0.25) is 0 Å². The van der Waals surface area contributed by atoms with E-state index in [1.165, 1.54) is 23.9 Å². The molecule has 3 heterocycles. The maximum atomic E-state index is 11.0. The standard InChI is InChI=1S/C12H12N6O3/c1-17-6-8(11(16-17)21-2)14-10-9-5-7(12(19)20)15-18(9)4-3-13-10/h3-6H,1-2H3,(H,13,14)(H,19,20). The third kappa shape index (κ3) is 2.24. The fourth-order valence-corrected chi connectivity index (χ4v) is 1.96. The number of aryl methyl sites for hydroxylation is 1. The minimum absolute atomic E-state index is 0.0517. The van der Waals surface area contributed by atoms with Crippen molar-refractivity contribution < 1.29 is 14.6 Å². The number of carboxylic acids is 1. The molecule has 0 aliphatic heterocycles. The molecule has 3 aromatic rings. The van der Waals surface area contributed by atoms with Crippen LogP contribution in [0.1, 0.15) is 10.5 Å². The fraction of sp³-hybridized carbons (Fsp3) is 0.167. The number of aromatic nitrogens is 5. The number of carboxylic acid groups (broad SMARTS) is 1. The Bertz CT molecular complexity index is 822. The Morgan fingerprint density at radius 1 is 1.43 bits per heavy atom. The number of aromatic carboxylic acids is 1. The summed E-state index contributed by atoms with van der Waals surface area (Å²) in [5.74, 6) is -0.216. The van der Waals surface area contributed by atoms with Gasteiger partial charge in [0.15, 0.2) is 11.5 Å². The van der Waals surface area contributed by atoms with Gasteiger partial charge in [0, 0.05) is 25.5 Å². The molecule has 9 heteroatoms. The molecular weight excluding hydrogens is 276 g/mol. The minimum Gasteiger partial charge on any atom is -0.478 e. The van der Waals surface area contributed by atoms with Crippen LogP contribution in [-0.2, 0) is 7.05 Å². The van der Waals surface area contributed by atoms with E-state index in [4.69, 9.17) is 9.84 Å². The summed E-state index contributed by atoms with van der Waals surface area (Å²) in [4.78, 5) is 15.2. The Balaban J connectivity index is 2.05. The van der Waals surface area contributed by atoms with Gasteiger partial charge < -0.3 is 15.2 Å². The quantitative estimate of drug-likeness (QED) is 0.734. The van der Waals surface area contributed by atoms with Gasteiger partial charge in [-0.15, -0.1) is 5.10 Å². The van der Waals surface area contributed by atoms with Crippen LogP contribution in [0.4, 0.5) is 11.5 Å². The number of nitrogens with zero attached hydrogens (tertiary/aromatic N) is 5. The molecule has 0 fully saturated rings. The second kappa shape index (κ2) is 4.78. The molecule has 3 aromatic heterocycles. The van der Waals surface area contributed by atoms with Crippen LogP contribution in [-0.4, -0.2) is 42.6 Å². The van der Waals surface area contributed by atoms with Crippen molar-refractivity contribution in [3.8, 4) is 5.88 Å². The van der Waals surface area contributed by atoms with Gasteiger partial charge in [0.25, 0.3) is 5.88 Å². The number of nitrogens with one attached hydrogen (secondary N) is 1. The van der Waals surface area contributed by atoms with Crippen molar-refractivity contribution in [3.63, 3.8) is 0 Å². The Hall–Kier alpha value is -3.10. The molecule has 0 aliphatic carbocycles. The third-order valence-electron chi connectivity index (χ3n) is 2.85. The van der Waals surface area contributed by atoms with Crippen molar-refractivity contribution in [2.24, 2.45) is 7.05 Å². The smallest absolute Gasteiger partial charge is 0.356 e. The molecule has 0 aliphatic rings. The number of ether oxygens (including phenoxy) is 1. The maximum Gasteiger partial charge on any atom is 0.356 e. The highest BCUT2D eigenvalue weighted by molar-refractivity contribution is 5.89. The first-order valence-corrected chi connectivity index (χ1v) is 6.01. The van der Waals surface area contributed by atoms with Crippen LogP contribution >= 0.6 is 0 Å². The molecule has 0 aromatic carbocycles. The van der Waals surface area contributed by atoms with Gasteiger partial charge >= 0.3 is 5.97 Å². The average Bonchev–Trinajstić information content (AvgIpc) is 3.03. The lowest BCUT2D eigenvalue weighted by Gasteiger charge is -2.05. The molecule has 0 atom stereocenters. The summed E-state index contributed by atoms with van der Waals surface area (Å²) in [6.45, 7) is 0. The minimum atomic E-state index is -1.09. The summed E-state index contributed by atoms with van der Waals surface area (Å²) in [7, 11) is 3.28. The number of methoxy groups -OCH3 is 1. The van der Waals surface area contributed by atoms with E-state index in [2.05, 4.69) is 20.5 Å². The number of anilines is 2. The van der Waals surface area contributed by atoms with Gasteiger partial charge in [0.1, 0.15) is 11.2 Å². The van der Waals surface area contributed by atoms with E-state index < -0.39 is 5.97 Å². The molecule has 0 spiro atoms. The third-order valence-corrected chi connectivity index (χ3v) is 2.85. The molecule has 0 radical (unpaired) electrons. The lowest BCUT2D eigenvalue weighted by molar-refractivity contribution is 0.0690. The zero-order chi connectivity index (χ0) is 15.0. The van der Waals surface area contributed by atoms with Gasteiger partial charge in [-0.2, -0.15) is 5.10 Å². The van der Waals surface area contributed by atoms with E-state index in [0.717, 1.165) is 0 Å². The van der Waals surface area contributed by atoms with Crippen LogP contribution in [0.25, 0.3) is 5.52 Å². The van der Waals surface area contributed by atoms with Crippen LogP contribution in [0.5, 0.6) is 5.88 Å². The lowest BCUT2D eigenvalue weighted by atomic mass is 10.3. The van der Waals surface area contributed by atoms with E-state index in [1.54, 1.807) is 24.1 Å². The Kier molecular flexibility index (Phi) is 2.94. The highest BCUT2D eigenvalue weighted by Gasteiger charge is 2.14. The highest BCUT2D eigenvalue weighted by Crippen LogP contribution is 2.26. The van der Waals surface area contributed by atoms with Crippen LogP contribution in [0, 0.1) is 0 Å². The highest BCUT2D eigenvalue weighted by atomic mass is 16.5. The zero-order valence-electron chi connectivity index (χ0n) is 11.3. The van der Waals surface area contributed by atoms with Crippen molar-refractivity contribution in [3.05, 3.63) is 30.4 Å². The Morgan fingerprint density at radius 3 is 2.95 bits per heavy atom. The molecule has 0 unspecified atom stereocenters. The van der Waals surface area contributed by atoms with Crippen molar-refractivity contribution in [1.29, 1.82) is 0 Å². The summed E-state index contributed by atoms with van der Waals surface area (Å²) < 4.78 is 8.20. The molecule has 2 N–H and O–H groups in total. The Morgan fingerprint density at radius 2 is 2.24 bits per heavy atom. The van der Waals surface area contributed by atoms with Crippen molar-refractivity contribution in [2.45, 2.75) is 0 Å². The number of hydrogen-bond donors (Lipinski definition) is 2. The van der Waals surface area contributed by atoms with Crippen LogP contribution in [0.15, 0.2) is 24.7 Å². The first-order valence-electron chi connectivity index (χ1n) is 6.01. The van der Waals surface area contributed by atoms with E-state index in [9.17, 15) is 4.79 Å². The molecular formula is C12H12N6O3. The van der Waals surface area contributed by atoms with E-state index in [1.807, 2.05) is 0 Å². The van der Waals surface area contributed by atoms with Crippen molar-refractivity contribution in [1.82, 2.24) is 24.4 Å². The molecule has 0 amide bonds. The molecule has 3 rings (SSSR count). The predicted molar refractivity (Wildman–Crippen MR) is 73.0 cm³/mol. The first-order chi connectivity index (χ1) is 10.1. The predicted octanol–water partition coefficient (Wildman–Crippen LogP) is 0.913. The zero-order valence-corrected chi connectivity index (χ0v) is 11.3. The SMILES string of the molecule is COc1nn(C)cc1Nc1nccn2nc(C(=O)O)cc12. The molecule has 0 saturated carbocycles. The van der Waals surface area contributed by atoms with Gasteiger partial charge in [-0.3, -0.25) is 4.68 Å². The Labute approximate surface area is 118 Å². The topological polar surface area (TPSA) is 107 Å². The van der Waals surface area contributed by atoms with Gasteiger partial charge in [-0.25, -0.2) is 14.3 Å². The molecule has 9 nitrogen and oxygen atoms in total. The molecule has 21 heavy (non-hydrogen) atoms. The summed E-state index contributed by atoms with van der Waals surface area (Å²) in [5.41, 5.74) is 1.11. The van der Waals surface area contributed by atoms with Crippen molar-refractivity contribution in [2.75, 3.05) is 12.4 Å². The summed E-state index contributed by atoms with van der Waals surface area (Å²) in [6.07, 6.45) is 4.84. The lowest BCUT2D eigenvalue weighted by Crippen LogP contribution is -1.99. The van der Waals surface area contributed by atoms with Crippen LogP contribution in [0.3, 0.4) is 0 Å². The number of fused-ring (bicyclic) bond motifs is 1. The monoisotopic (exact) mass is 288 g/mol. The number of carbonyl (C=O) groups is 1. The molecule has 0 saturated heterocycles. The second-order valence-electron chi connectivity index (χ2n) is 4.29. The summed E-state index contributed by atoms with van der Waals surface area (Å²) >= 11 is 0. The van der Waals surface area contributed by atoms with Gasteiger partial charge in [-0.1, -0.05) is 0 Å². The van der Waals surface area contributed by atoms with Crippen molar-refractivity contribution >= 4 is 23.0 Å². The molecule has 108 valence electrons. The van der Waals surface area contributed by atoms with E-state index in [0.29, 0.717) is 22.9 Å². The average molecular weight is 288 g/mol. The first kappa shape index (κ1) is 12.9. The summed E-state index contributed by atoms with van der Waals surface area (Å²) in [5, 5.41) is 20.1. The second-order valence-corrected chi connectivity index (χ2v) is 4.29. The number of rotatable bonds is 4. The van der Waals surface area contributed by atoms with Crippen LogP contribution < -0.4 is 10.1 Å². The van der Waals surface area contributed by atoms with Gasteiger partial charge in [0.05, 0.1) is 13.3 Å². The maximum absolute atomic E-state index is 11.0. The number of hydrogen-bond acceptors (Lipinski definition) is 6.